The molecule has 3 rings (SSSR count). The fraction of sp³-hybridized carbons (Fsp3) is 0.280. The van der Waals surface area contributed by atoms with E-state index in [2.05, 4.69) is 33.7 Å². The summed E-state index contributed by atoms with van der Waals surface area (Å²) < 4.78 is 24.8. The molecule has 0 aliphatic heterocycles. The molecule has 0 aliphatic carbocycles. The van der Waals surface area contributed by atoms with Gasteiger partial charge in [0, 0.05) is 0 Å². The zero-order chi connectivity index (χ0) is 27.5. The summed E-state index contributed by atoms with van der Waals surface area (Å²) in [5.41, 5.74) is 4.71. The maximum absolute atomic E-state index is 15.1. The topological polar surface area (TPSA) is 81.7 Å². The molecule has 0 unspecified atom stereocenters. The predicted molar refractivity (Wildman–Crippen MR) is 149 cm³/mol. The molecule has 1 aromatic heterocycles. The van der Waals surface area contributed by atoms with E-state index in [4.69, 9.17) is 29.0 Å². The highest BCUT2D eigenvalue weighted by Crippen LogP contribution is 2.34. The van der Waals surface area contributed by atoms with Crippen molar-refractivity contribution in [1.82, 2.24) is 10.5 Å². The van der Waals surface area contributed by atoms with Gasteiger partial charge in [0.15, 0.2) is 5.82 Å². The molecule has 0 fully saturated rings. The molecule has 1 amide bonds. The number of rotatable bonds is 9. The van der Waals surface area contributed by atoms with Gasteiger partial charge < -0.3 is 14.8 Å². The summed E-state index contributed by atoms with van der Waals surface area (Å²) in [5.74, 6) is -1.31. The van der Waals surface area contributed by atoms with E-state index in [1.165, 1.54) is 41.5 Å². The Morgan fingerprint density at radius 3 is 2.44 bits per heavy atom. The summed E-state index contributed by atoms with van der Waals surface area (Å²) in [6, 6.07) is 6.25. The number of thiazole rings is 1. The van der Waals surface area contributed by atoms with Crippen LogP contribution in [0.15, 0.2) is 55.5 Å². The third-order valence-corrected chi connectivity index (χ3v) is 4.91. The first kappa shape index (κ1) is 32.9. The molecule has 0 spiro atoms. The average Bonchev–Trinajstić information content (AvgIpc) is 3.38. The molecule has 1 heterocycles. The van der Waals surface area contributed by atoms with Crippen LogP contribution < -0.4 is 16.3 Å². The van der Waals surface area contributed by atoms with Crippen LogP contribution in [0.1, 0.15) is 38.1 Å². The maximum atomic E-state index is 15.1. The summed E-state index contributed by atoms with van der Waals surface area (Å²) in [6.45, 7) is 15.0. The van der Waals surface area contributed by atoms with E-state index >= 15 is 4.39 Å². The summed E-state index contributed by atoms with van der Waals surface area (Å²) in [7, 11) is 7.25. The van der Waals surface area contributed by atoms with Crippen LogP contribution in [-0.4, -0.2) is 39.1 Å². The molecule has 2 radical (unpaired) electrons. The van der Waals surface area contributed by atoms with Crippen LogP contribution in [0.25, 0.3) is 10.2 Å². The number of methoxy groups -OCH3 is 1. The highest BCUT2D eigenvalue weighted by Gasteiger charge is 2.21. The molecule has 0 saturated heterocycles. The maximum Gasteiger partial charge on any atom is 0.277 e. The van der Waals surface area contributed by atoms with Gasteiger partial charge in [-0.2, -0.15) is 0 Å². The van der Waals surface area contributed by atoms with Crippen molar-refractivity contribution in [1.29, 1.82) is 0 Å². The van der Waals surface area contributed by atoms with Gasteiger partial charge in [-0.1, -0.05) is 64.0 Å². The van der Waals surface area contributed by atoms with E-state index in [0.717, 1.165) is 0 Å². The van der Waals surface area contributed by atoms with Crippen LogP contribution in [0.2, 0.25) is 5.02 Å². The van der Waals surface area contributed by atoms with Crippen molar-refractivity contribution in [2.45, 2.75) is 27.7 Å². The molecular formula is C25H32BClFN3O4S. The van der Waals surface area contributed by atoms with Crippen LogP contribution in [0, 0.1) is 5.82 Å². The van der Waals surface area contributed by atoms with Gasteiger partial charge in [0.1, 0.15) is 26.6 Å². The summed E-state index contributed by atoms with van der Waals surface area (Å²) in [5, 5.41) is 3.14. The number of aromatic nitrogens is 1. The van der Waals surface area contributed by atoms with Crippen molar-refractivity contribution >= 4 is 63.7 Å². The lowest BCUT2D eigenvalue weighted by atomic mass is 9.96. The monoisotopic (exact) mass is 535 g/mol. The SMILES string of the molecule is C=COC.CC.CC.[B]c1ccc(Nc2c(C(=O)NOCCOC=C)cc3scnc3c2F)c(Cl)c1. The molecule has 3 aromatic rings. The summed E-state index contributed by atoms with van der Waals surface area (Å²) >= 11 is 7.38. The number of nitrogens with zero attached hydrogens (tertiary/aromatic N) is 1. The lowest BCUT2D eigenvalue weighted by Crippen LogP contribution is -2.26. The van der Waals surface area contributed by atoms with Crippen LogP contribution >= 0.6 is 22.9 Å². The lowest BCUT2D eigenvalue weighted by Gasteiger charge is -2.15. The molecule has 2 aromatic carbocycles. The number of nitrogens with one attached hydrogen (secondary N) is 2. The van der Waals surface area contributed by atoms with E-state index in [9.17, 15) is 4.79 Å². The first-order chi connectivity index (χ1) is 17.4. The molecule has 36 heavy (non-hydrogen) atoms. The number of hydroxylamine groups is 1. The quantitative estimate of drug-likeness (QED) is 0.145. The number of amides is 1. The van der Waals surface area contributed by atoms with Gasteiger partial charge in [-0.05, 0) is 18.2 Å². The molecule has 0 aliphatic rings. The van der Waals surface area contributed by atoms with Gasteiger partial charge in [0.05, 0.1) is 51.8 Å². The predicted octanol–water partition coefficient (Wildman–Crippen LogP) is 6.28. The van der Waals surface area contributed by atoms with E-state index in [1.54, 1.807) is 19.2 Å². The second-order valence-corrected chi connectivity index (χ2v) is 7.19. The Kier molecular flexibility index (Phi) is 17.5. The minimum absolute atomic E-state index is 0.0341. The highest BCUT2D eigenvalue weighted by molar-refractivity contribution is 7.16. The standard InChI is InChI=1S/C18H14BClFN3O3S.C3H6O.2C2H6/c1-2-26-5-6-27-24-18(25)11-8-14-17(22-9-28-14)15(21)16(11)23-13-4-3-10(19)7-12(13)20;1-3-4-2;2*1-2/h2-4,7-9,23H,1,5-6H2,(H,24,25);3H,1H2,2H3;2*1-2H3. The van der Waals surface area contributed by atoms with E-state index in [-0.39, 0.29) is 35.0 Å². The number of carbonyl (C=O) groups is 1. The van der Waals surface area contributed by atoms with Crippen molar-refractivity contribution in [2.24, 2.45) is 0 Å². The number of hydrogen-bond acceptors (Lipinski definition) is 7. The van der Waals surface area contributed by atoms with Crippen LogP contribution in [0.4, 0.5) is 15.8 Å². The number of benzene rings is 2. The average molecular weight is 536 g/mol. The Balaban J connectivity index is 0.00000137. The number of ether oxygens (including phenoxy) is 2. The number of halogens is 2. The molecule has 0 bridgehead atoms. The third kappa shape index (κ3) is 10.3. The molecule has 2 N–H and O–H groups in total. The van der Waals surface area contributed by atoms with Crippen molar-refractivity contribution in [3.63, 3.8) is 0 Å². The minimum Gasteiger partial charge on any atom is -0.505 e. The Bertz CT molecular complexity index is 1100. The Labute approximate surface area is 222 Å². The molecule has 0 saturated carbocycles. The summed E-state index contributed by atoms with van der Waals surface area (Å²) in [6.07, 6.45) is 2.64. The molecule has 194 valence electrons. The van der Waals surface area contributed by atoms with Crippen LogP contribution in [-0.2, 0) is 14.3 Å². The normalized spacial score (nSPS) is 9.19. The van der Waals surface area contributed by atoms with Gasteiger partial charge in [-0.25, -0.2) is 14.9 Å². The zero-order valence-electron chi connectivity index (χ0n) is 21.2. The molecular weight excluding hydrogens is 504 g/mol. The number of fused-ring (bicyclic) bond motifs is 1. The van der Waals surface area contributed by atoms with Crippen molar-refractivity contribution < 1.29 is 23.5 Å². The summed E-state index contributed by atoms with van der Waals surface area (Å²) in [4.78, 5) is 21.6. The minimum atomic E-state index is -0.674. The van der Waals surface area contributed by atoms with Crippen molar-refractivity contribution in [3.8, 4) is 0 Å². The molecule has 11 heteroatoms. The van der Waals surface area contributed by atoms with Crippen molar-refractivity contribution in [2.75, 3.05) is 25.6 Å². The van der Waals surface area contributed by atoms with Gasteiger partial charge in [0.25, 0.3) is 5.91 Å². The Morgan fingerprint density at radius 1 is 1.19 bits per heavy atom. The lowest BCUT2D eigenvalue weighted by molar-refractivity contribution is 0.0145. The number of carbonyl (C=O) groups excluding carboxylic acids is 1. The van der Waals surface area contributed by atoms with Gasteiger partial charge in [-0.15, -0.1) is 11.3 Å². The van der Waals surface area contributed by atoms with Crippen LogP contribution in [0.3, 0.4) is 0 Å². The van der Waals surface area contributed by atoms with E-state index in [0.29, 0.717) is 15.9 Å². The van der Waals surface area contributed by atoms with E-state index < -0.39 is 11.7 Å². The van der Waals surface area contributed by atoms with Crippen LogP contribution in [0.5, 0.6) is 0 Å². The molecule has 7 nitrogen and oxygen atoms in total. The number of anilines is 2. The molecule has 0 atom stereocenters. The second-order valence-electron chi connectivity index (χ2n) is 5.90. The third-order valence-electron chi connectivity index (χ3n) is 3.82. The van der Waals surface area contributed by atoms with E-state index in [1.807, 2.05) is 27.7 Å². The Morgan fingerprint density at radius 2 is 1.86 bits per heavy atom. The zero-order valence-corrected chi connectivity index (χ0v) is 22.8. The fourth-order valence-electron chi connectivity index (χ4n) is 2.38. The van der Waals surface area contributed by atoms with Gasteiger partial charge >= 0.3 is 0 Å². The second kappa shape index (κ2) is 19.2. The largest absolute Gasteiger partial charge is 0.505 e. The van der Waals surface area contributed by atoms with Crippen molar-refractivity contribution in [3.05, 3.63) is 71.9 Å². The van der Waals surface area contributed by atoms with Gasteiger partial charge in [0.2, 0.25) is 0 Å². The fourth-order valence-corrected chi connectivity index (χ4v) is 3.32. The van der Waals surface area contributed by atoms with Gasteiger partial charge in [-0.3, -0.25) is 9.63 Å². The smallest absolute Gasteiger partial charge is 0.277 e. The first-order valence-corrected chi connectivity index (χ1v) is 12.3. The first-order valence-electron chi connectivity index (χ1n) is 11.1. The Hall–Kier alpha value is -3.08. The number of hydrogen-bond donors (Lipinski definition) is 2. The highest BCUT2D eigenvalue weighted by atomic mass is 35.5.